The Hall–Kier alpha value is -0.820. The molecule has 0 bridgehead atoms. The van der Waals surface area contributed by atoms with Gasteiger partial charge in [0.1, 0.15) is 0 Å². The van der Waals surface area contributed by atoms with Gasteiger partial charge in [-0.05, 0) is 25.3 Å². The van der Waals surface area contributed by atoms with Gasteiger partial charge in [-0.25, -0.2) is 0 Å². The van der Waals surface area contributed by atoms with Crippen molar-refractivity contribution in [3.05, 3.63) is 35.9 Å². The first-order valence-corrected chi connectivity index (χ1v) is 6.50. The molecule has 1 nitrogen and oxygen atoms in total. The maximum Gasteiger partial charge on any atom is 0.0294 e. The molecule has 0 aliphatic carbocycles. The minimum atomic E-state index is 0.441. The molecule has 1 aromatic rings. The normalized spacial score (nSPS) is 15.1. The lowest BCUT2D eigenvalue weighted by molar-refractivity contribution is 0.330. The van der Waals surface area contributed by atoms with Crippen LogP contribution in [0.1, 0.15) is 52.1 Å². The highest BCUT2D eigenvalue weighted by Crippen LogP contribution is 2.18. The molecule has 1 aromatic carbocycles. The molecule has 0 saturated heterocycles. The molecule has 0 amide bonds. The Morgan fingerprint density at radius 2 is 1.56 bits per heavy atom. The van der Waals surface area contributed by atoms with E-state index < -0.39 is 0 Å². The minimum Gasteiger partial charge on any atom is -0.307 e. The monoisotopic (exact) mass is 219 g/mol. The Bertz CT molecular complexity index is 277. The van der Waals surface area contributed by atoms with Crippen LogP contribution in [0.25, 0.3) is 0 Å². The van der Waals surface area contributed by atoms with E-state index in [9.17, 15) is 0 Å². The van der Waals surface area contributed by atoms with Crippen molar-refractivity contribution in [2.45, 2.75) is 52.6 Å². The number of rotatable bonds is 6. The molecular weight excluding hydrogens is 194 g/mol. The van der Waals surface area contributed by atoms with E-state index in [0.717, 1.165) is 5.92 Å². The number of nitrogens with one attached hydrogen (secondary N) is 1. The summed E-state index contributed by atoms with van der Waals surface area (Å²) < 4.78 is 0. The van der Waals surface area contributed by atoms with Crippen LogP contribution in [0.15, 0.2) is 30.3 Å². The molecule has 0 unspecified atom stereocenters. The second kappa shape index (κ2) is 6.70. The van der Waals surface area contributed by atoms with Gasteiger partial charge in [0.05, 0.1) is 0 Å². The van der Waals surface area contributed by atoms with Crippen molar-refractivity contribution in [1.82, 2.24) is 5.32 Å². The Labute approximate surface area is 100 Å². The van der Waals surface area contributed by atoms with E-state index in [0.29, 0.717) is 12.1 Å². The molecular formula is C15H25N. The van der Waals surface area contributed by atoms with E-state index in [1.165, 1.54) is 18.4 Å². The Morgan fingerprint density at radius 3 is 2.06 bits per heavy atom. The van der Waals surface area contributed by atoms with Gasteiger partial charge in [-0.1, -0.05) is 57.0 Å². The number of hydrogen-bond acceptors (Lipinski definition) is 1. The first-order chi connectivity index (χ1) is 7.69. The van der Waals surface area contributed by atoms with Gasteiger partial charge < -0.3 is 5.32 Å². The van der Waals surface area contributed by atoms with Crippen LogP contribution in [0.2, 0.25) is 0 Å². The van der Waals surface area contributed by atoms with Crippen LogP contribution in [-0.2, 0) is 0 Å². The summed E-state index contributed by atoms with van der Waals surface area (Å²) in [6.07, 6.45) is 2.51. The summed E-state index contributed by atoms with van der Waals surface area (Å²) in [7, 11) is 0. The van der Waals surface area contributed by atoms with Crippen LogP contribution in [0.3, 0.4) is 0 Å². The first kappa shape index (κ1) is 13.2. The summed E-state index contributed by atoms with van der Waals surface area (Å²) in [6, 6.07) is 11.7. The first-order valence-electron chi connectivity index (χ1n) is 6.50. The van der Waals surface area contributed by atoms with E-state index >= 15 is 0 Å². The van der Waals surface area contributed by atoms with E-state index in [1.54, 1.807) is 0 Å². The number of benzene rings is 1. The highest BCUT2D eigenvalue weighted by Gasteiger charge is 2.15. The highest BCUT2D eigenvalue weighted by molar-refractivity contribution is 5.18. The molecule has 0 radical (unpaired) electrons. The van der Waals surface area contributed by atoms with Crippen molar-refractivity contribution >= 4 is 0 Å². The van der Waals surface area contributed by atoms with Crippen molar-refractivity contribution in [3.63, 3.8) is 0 Å². The summed E-state index contributed by atoms with van der Waals surface area (Å²) in [5.41, 5.74) is 1.38. The van der Waals surface area contributed by atoms with Gasteiger partial charge in [0.2, 0.25) is 0 Å². The predicted molar refractivity (Wildman–Crippen MR) is 71.5 cm³/mol. The van der Waals surface area contributed by atoms with Crippen LogP contribution >= 0.6 is 0 Å². The van der Waals surface area contributed by atoms with E-state index in [-0.39, 0.29) is 0 Å². The fourth-order valence-electron chi connectivity index (χ4n) is 2.36. The van der Waals surface area contributed by atoms with Crippen LogP contribution in [0.5, 0.6) is 0 Å². The van der Waals surface area contributed by atoms with Crippen LogP contribution < -0.4 is 5.32 Å². The van der Waals surface area contributed by atoms with Gasteiger partial charge >= 0.3 is 0 Å². The molecule has 90 valence electrons. The molecule has 0 aromatic heterocycles. The molecule has 1 rings (SSSR count). The molecule has 0 heterocycles. The van der Waals surface area contributed by atoms with Crippen LogP contribution in [0, 0.1) is 5.92 Å². The molecule has 0 spiro atoms. The van der Waals surface area contributed by atoms with Gasteiger partial charge in [-0.15, -0.1) is 0 Å². The molecule has 1 heteroatoms. The lowest BCUT2D eigenvalue weighted by Gasteiger charge is -2.26. The van der Waals surface area contributed by atoms with E-state index in [2.05, 4.69) is 63.3 Å². The second-order valence-electron chi connectivity index (χ2n) is 4.66. The third-order valence-electron chi connectivity index (χ3n) is 3.57. The zero-order valence-electron chi connectivity index (χ0n) is 11.0. The lowest BCUT2D eigenvalue weighted by atomic mass is 9.94. The zero-order valence-corrected chi connectivity index (χ0v) is 11.0. The Balaban J connectivity index is 2.54. The predicted octanol–water partition coefficient (Wildman–Crippen LogP) is 4.16. The Morgan fingerprint density at radius 1 is 1.00 bits per heavy atom. The number of hydrogen-bond donors (Lipinski definition) is 1. The van der Waals surface area contributed by atoms with Gasteiger partial charge in [-0.2, -0.15) is 0 Å². The molecule has 1 N–H and O–H groups in total. The maximum absolute atomic E-state index is 3.70. The van der Waals surface area contributed by atoms with Crippen molar-refractivity contribution in [3.8, 4) is 0 Å². The quantitative estimate of drug-likeness (QED) is 0.757. The second-order valence-corrected chi connectivity index (χ2v) is 4.66. The summed E-state index contributed by atoms with van der Waals surface area (Å²) in [4.78, 5) is 0. The summed E-state index contributed by atoms with van der Waals surface area (Å²) in [5.74, 6) is 0.783. The smallest absolute Gasteiger partial charge is 0.0294 e. The van der Waals surface area contributed by atoms with Crippen molar-refractivity contribution in [1.29, 1.82) is 0 Å². The summed E-state index contributed by atoms with van der Waals surface area (Å²) in [5, 5.41) is 3.70. The lowest BCUT2D eigenvalue weighted by Crippen LogP contribution is -2.34. The molecule has 2 atom stereocenters. The highest BCUT2D eigenvalue weighted by atomic mass is 14.9. The van der Waals surface area contributed by atoms with Crippen molar-refractivity contribution in [2.75, 3.05) is 0 Å². The van der Waals surface area contributed by atoms with Gasteiger partial charge in [0.25, 0.3) is 0 Å². The van der Waals surface area contributed by atoms with Gasteiger partial charge in [0, 0.05) is 12.1 Å². The molecule has 16 heavy (non-hydrogen) atoms. The topological polar surface area (TPSA) is 12.0 Å². The maximum atomic E-state index is 3.70. The van der Waals surface area contributed by atoms with Crippen LogP contribution in [0.4, 0.5) is 0 Å². The van der Waals surface area contributed by atoms with Crippen molar-refractivity contribution < 1.29 is 0 Å². The molecule has 0 aliphatic rings. The summed E-state index contributed by atoms with van der Waals surface area (Å²) >= 11 is 0. The third-order valence-corrected chi connectivity index (χ3v) is 3.57. The van der Waals surface area contributed by atoms with E-state index in [1.807, 2.05) is 0 Å². The standard InChI is InChI=1S/C15H25N/c1-5-14(6-2)12(3)16-13(4)15-10-8-7-9-11-15/h7-14,16H,5-6H2,1-4H3/t12-,13+/m0/s1. The average Bonchev–Trinajstić information content (AvgIpc) is 2.31. The SMILES string of the molecule is CCC(CC)[C@H](C)N[C@H](C)c1ccccc1. The third kappa shape index (κ3) is 3.64. The van der Waals surface area contributed by atoms with Crippen molar-refractivity contribution in [2.24, 2.45) is 5.92 Å². The average molecular weight is 219 g/mol. The Kier molecular flexibility index (Phi) is 5.54. The summed E-state index contributed by atoms with van der Waals surface area (Å²) in [6.45, 7) is 9.10. The molecule has 0 saturated carbocycles. The fraction of sp³-hybridized carbons (Fsp3) is 0.600. The largest absolute Gasteiger partial charge is 0.307 e. The fourth-order valence-corrected chi connectivity index (χ4v) is 2.36. The van der Waals surface area contributed by atoms with E-state index in [4.69, 9.17) is 0 Å². The van der Waals surface area contributed by atoms with Gasteiger partial charge in [-0.3, -0.25) is 0 Å². The zero-order chi connectivity index (χ0) is 12.0. The minimum absolute atomic E-state index is 0.441. The van der Waals surface area contributed by atoms with Gasteiger partial charge in [0.15, 0.2) is 0 Å². The molecule has 0 aliphatic heterocycles. The molecule has 0 fully saturated rings. The van der Waals surface area contributed by atoms with Crippen LogP contribution in [-0.4, -0.2) is 6.04 Å².